The van der Waals surface area contributed by atoms with Gasteiger partial charge in [0.2, 0.25) is 0 Å². The molecule has 133 valence electrons. The summed E-state index contributed by atoms with van der Waals surface area (Å²) in [5, 5.41) is 21.6. The Morgan fingerprint density at radius 2 is 0.957 bits per heavy atom. The largest absolute Gasteiger partial charge is 2.00 e. The minimum absolute atomic E-state index is 0. The van der Waals surface area contributed by atoms with Gasteiger partial charge in [0.05, 0.1) is 11.9 Å². The molecule has 1 fully saturated rings. The molecule has 8 nitrogen and oxygen atoms in total. The molecule has 23 heavy (non-hydrogen) atoms. The molecular formula is C14H26MnN4O4. The molecule has 0 unspecified atom stereocenters. The van der Waals surface area contributed by atoms with E-state index in [4.69, 9.17) is 0 Å². The molecule has 0 atom stereocenters. The second-order valence-electron chi connectivity index (χ2n) is 5.90. The summed E-state index contributed by atoms with van der Waals surface area (Å²) in [5.74, 6) is -2.12. The van der Waals surface area contributed by atoms with Crippen molar-refractivity contribution in [1.29, 1.82) is 0 Å². The molecule has 0 aromatic heterocycles. The number of carboxylic acid groups (broad SMARTS) is 2. The predicted molar refractivity (Wildman–Crippen MR) is 77.9 cm³/mol. The average Bonchev–Trinajstić information content (AvgIpc) is 2.42. The zero-order valence-electron chi connectivity index (χ0n) is 13.9. The van der Waals surface area contributed by atoms with Gasteiger partial charge in [-0.3, -0.25) is 9.80 Å². The molecule has 0 bridgehead atoms. The molecule has 1 heterocycles. The van der Waals surface area contributed by atoms with Crippen LogP contribution in [0.5, 0.6) is 0 Å². The van der Waals surface area contributed by atoms with E-state index in [2.05, 4.69) is 9.80 Å². The van der Waals surface area contributed by atoms with Crippen LogP contribution in [0.2, 0.25) is 0 Å². The molecule has 1 rings (SSSR count). The van der Waals surface area contributed by atoms with Crippen molar-refractivity contribution in [1.82, 2.24) is 19.6 Å². The van der Waals surface area contributed by atoms with Crippen molar-refractivity contribution in [3.05, 3.63) is 0 Å². The van der Waals surface area contributed by atoms with Crippen LogP contribution in [0, 0.1) is 0 Å². The number of hydrogen-bond donors (Lipinski definition) is 0. The summed E-state index contributed by atoms with van der Waals surface area (Å²) in [5.41, 5.74) is 0. The molecule has 0 amide bonds. The number of carbonyl (C=O) groups is 2. The Bertz CT molecular complexity index is 323. The van der Waals surface area contributed by atoms with Crippen LogP contribution in [-0.4, -0.2) is 111 Å². The van der Waals surface area contributed by atoms with Gasteiger partial charge in [0.15, 0.2) is 0 Å². The van der Waals surface area contributed by atoms with Crippen molar-refractivity contribution >= 4 is 11.9 Å². The fourth-order valence-corrected chi connectivity index (χ4v) is 2.38. The zero-order valence-corrected chi connectivity index (χ0v) is 15.1. The first kappa shape index (κ1) is 22.3. The van der Waals surface area contributed by atoms with Crippen LogP contribution in [0.25, 0.3) is 0 Å². The molecule has 0 aromatic carbocycles. The third-order valence-electron chi connectivity index (χ3n) is 3.90. The second-order valence-corrected chi connectivity index (χ2v) is 5.90. The second kappa shape index (κ2) is 11.8. The smallest absolute Gasteiger partial charge is 0.549 e. The molecule has 9 heteroatoms. The molecule has 1 saturated heterocycles. The molecule has 1 aliphatic heterocycles. The molecule has 1 radical (unpaired) electrons. The van der Waals surface area contributed by atoms with E-state index in [9.17, 15) is 19.8 Å². The van der Waals surface area contributed by atoms with Crippen LogP contribution in [0.4, 0.5) is 0 Å². The molecule has 0 aromatic rings. The molecule has 0 N–H and O–H groups in total. The Labute approximate surface area is 148 Å². The van der Waals surface area contributed by atoms with Gasteiger partial charge < -0.3 is 29.6 Å². The van der Waals surface area contributed by atoms with Gasteiger partial charge in [-0.05, 0) is 14.1 Å². The standard InChI is InChI=1S/C14H28N4O4.Mn/c1-15-3-7-17(11-13(19)20)9-5-16(2)6-10-18(8-4-15)12-14(21)22;/h3-12H2,1-2H3,(H,19,20)(H,21,22);/q;+2/p-2. The van der Waals surface area contributed by atoms with E-state index >= 15 is 0 Å². The number of likely N-dealkylation sites (N-methyl/N-ethyl adjacent to an activating group) is 2. The van der Waals surface area contributed by atoms with Crippen molar-refractivity contribution in [3.63, 3.8) is 0 Å². The summed E-state index contributed by atoms with van der Waals surface area (Å²) in [4.78, 5) is 29.5. The number of hydrogen-bond acceptors (Lipinski definition) is 8. The van der Waals surface area contributed by atoms with Gasteiger partial charge in [-0.15, -0.1) is 0 Å². The van der Waals surface area contributed by atoms with Crippen LogP contribution >= 0.6 is 0 Å². The SMILES string of the molecule is CN1CCN(CC(=O)[O-])CCN(C)CCN(CC(=O)[O-])CC1.[Mn+2]. The van der Waals surface area contributed by atoms with Crippen LogP contribution in [-0.2, 0) is 26.7 Å². The topological polar surface area (TPSA) is 93.2 Å². The normalized spacial score (nSPS) is 21.0. The maximum atomic E-state index is 10.8. The zero-order chi connectivity index (χ0) is 16.5. The fourth-order valence-electron chi connectivity index (χ4n) is 2.38. The molecule has 0 aliphatic carbocycles. The minimum Gasteiger partial charge on any atom is -0.549 e. The van der Waals surface area contributed by atoms with Crippen molar-refractivity contribution in [2.75, 3.05) is 79.5 Å². The summed E-state index contributed by atoms with van der Waals surface area (Å²) >= 11 is 0. The summed E-state index contributed by atoms with van der Waals surface area (Å²) in [6.07, 6.45) is 0. The van der Waals surface area contributed by atoms with E-state index in [1.807, 2.05) is 23.9 Å². The number of nitrogens with zero attached hydrogens (tertiary/aromatic N) is 4. The van der Waals surface area contributed by atoms with Crippen molar-refractivity contribution in [2.24, 2.45) is 0 Å². The minimum atomic E-state index is -1.06. The van der Waals surface area contributed by atoms with E-state index in [0.29, 0.717) is 26.2 Å². The number of aliphatic carboxylic acids is 2. The Balaban J connectivity index is 0.00000484. The molecule has 1 aliphatic rings. The molecular weight excluding hydrogens is 343 g/mol. The van der Waals surface area contributed by atoms with E-state index in [0.717, 1.165) is 26.2 Å². The Kier molecular flexibility index (Phi) is 11.4. The van der Waals surface area contributed by atoms with Gasteiger partial charge in [-0.2, -0.15) is 0 Å². The van der Waals surface area contributed by atoms with Gasteiger partial charge in [0.25, 0.3) is 0 Å². The van der Waals surface area contributed by atoms with E-state index in [1.165, 1.54) is 0 Å². The van der Waals surface area contributed by atoms with Gasteiger partial charge in [0, 0.05) is 65.4 Å². The maximum absolute atomic E-state index is 10.8. The first-order chi connectivity index (χ1) is 10.4. The monoisotopic (exact) mass is 369 g/mol. The van der Waals surface area contributed by atoms with Crippen molar-refractivity contribution in [3.8, 4) is 0 Å². The van der Waals surface area contributed by atoms with Crippen LogP contribution in [0.1, 0.15) is 0 Å². The van der Waals surface area contributed by atoms with Gasteiger partial charge in [-0.25, -0.2) is 0 Å². The van der Waals surface area contributed by atoms with Crippen molar-refractivity contribution in [2.45, 2.75) is 0 Å². The predicted octanol–water partition coefficient (Wildman–Crippen LogP) is -4.04. The average molecular weight is 369 g/mol. The van der Waals surface area contributed by atoms with E-state index in [1.54, 1.807) is 0 Å². The third-order valence-corrected chi connectivity index (χ3v) is 3.90. The first-order valence-electron chi connectivity index (χ1n) is 7.58. The summed E-state index contributed by atoms with van der Waals surface area (Å²) in [6, 6.07) is 0. The maximum Gasteiger partial charge on any atom is 2.00 e. The van der Waals surface area contributed by atoms with E-state index < -0.39 is 11.9 Å². The summed E-state index contributed by atoms with van der Waals surface area (Å²) in [6.45, 7) is 5.42. The summed E-state index contributed by atoms with van der Waals surface area (Å²) in [7, 11) is 3.90. The quantitative estimate of drug-likeness (QED) is 0.463. The Hall–Kier alpha value is -0.701. The summed E-state index contributed by atoms with van der Waals surface area (Å²) < 4.78 is 0. The van der Waals surface area contributed by atoms with Crippen LogP contribution in [0.15, 0.2) is 0 Å². The fraction of sp³-hybridized carbons (Fsp3) is 0.857. The number of carboxylic acids is 2. The van der Waals surface area contributed by atoms with E-state index in [-0.39, 0.29) is 30.2 Å². The van der Waals surface area contributed by atoms with Gasteiger partial charge in [-0.1, -0.05) is 0 Å². The Morgan fingerprint density at radius 3 is 1.17 bits per heavy atom. The molecule has 0 spiro atoms. The van der Waals surface area contributed by atoms with Crippen LogP contribution < -0.4 is 10.2 Å². The van der Waals surface area contributed by atoms with Gasteiger partial charge in [0.1, 0.15) is 0 Å². The Morgan fingerprint density at radius 1 is 0.696 bits per heavy atom. The first-order valence-corrected chi connectivity index (χ1v) is 7.58. The number of rotatable bonds is 4. The van der Waals surface area contributed by atoms with Gasteiger partial charge >= 0.3 is 17.1 Å². The number of carbonyl (C=O) groups excluding carboxylic acids is 2. The third kappa shape index (κ3) is 10.6. The molecule has 0 saturated carbocycles. The van der Waals surface area contributed by atoms with Crippen LogP contribution in [0.3, 0.4) is 0 Å². The van der Waals surface area contributed by atoms with Crippen molar-refractivity contribution < 1.29 is 36.9 Å².